The highest BCUT2D eigenvalue weighted by Gasteiger charge is 2.19. The zero-order valence-corrected chi connectivity index (χ0v) is 9.83. The number of benzene rings is 1. The summed E-state index contributed by atoms with van der Waals surface area (Å²) in [7, 11) is 1.66. The molecule has 1 atom stereocenters. The Bertz CT molecular complexity index is 433. The number of nitrogens with zero attached hydrogens (tertiary/aromatic N) is 2. The Balaban J connectivity index is 2.11. The molecule has 0 N–H and O–H groups in total. The Labute approximate surface area is 99.1 Å². The minimum absolute atomic E-state index is 0.194. The number of hydrogen-bond acceptors (Lipinski definition) is 4. The van der Waals surface area contributed by atoms with Crippen LogP contribution in [0.4, 0.5) is 0 Å². The Kier molecular flexibility index (Phi) is 3.47. The lowest BCUT2D eigenvalue weighted by Gasteiger charge is -2.06. The first-order valence-corrected chi connectivity index (χ1v) is 6.02. The lowest BCUT2D eigenvalue weighted by molar-refractivity contribution is 0.414. The summed E-state index contributed by atoms with van der Waals surface area (Å²) in [6.07, 6.45) is 0.428. The van der Waals surface area contributed by atoms with Crippen molar-refractivity contribution in [3.8, 4) is 11.8 Å². The van der Waals surface area contributed by atoms with E-state index in [1.54, 1.807) is 18.9 Å². The summed E-state index contributed by atoms with van der Waals surface area (Å²) in [5.74, 6) is 1.79. The zero-order chi connectivity index (χ0) is 11.4. The third kappa shape index (κ3) is 2.37. The van der Waals surface area contributed by atoms with Gasteiger partial charge in [0.05, 0.1) is 30.7 Å². The first-order valence-electron chi connectivity index (χ1n) is 5.04. The zero-order valence-electron chi connectivity index (χ0n) is 9.01. The van der Waals surface area contributed by atoms with Crippen molar-refractivity contribution in [2.45, 2.75) is 12.5 Å². The highest BCUT2D eigenvalue weighted by Crippen LogP contribution is 2.32. The van der Waals surface area contributed by atoms with E-state index < -0.39 is 0 Å². The number of thioether (sulfide) groups is 1. The molecule has 1 unspecified atom stereocenters. The van der Waals surface area contributed by atoms with E-state index in [9.17, 15) is 0 Å². The van der Waals surface area contributed by atoms with Gasteiger partial charge in [-0.1, -0.05) is 12.1 Å². The summed E-state index contributed by atoms with van der Waals surface area (Å²) in [6, 6.07) is 10.3. The molecule has 4 heteroatoms. The summed E-state index contributed by atoms with van der Waals surface area (Å²) in [4.78, 5) is 4.52. The molecule has 0 spiro atoms. The third-order valence-electron chi connectivity index (χ3n) is 2.44. The quantitative estimate of drug-likeness (QED) is 0.805. The van der Waals surface area contributed by atoms with E-state index in [-0.39, 0.29) is 6.04 Å². The molecule has 0 radical (unpaired) electrons. The molecule has 1 aromatic rings. The molecule has 0 fully saturated rings. The maximum Gasteiger partial charge on any atom is 0.118 e. The predicted octanol–water partition coefficient (Wildman–Crippen LogP) is 2.80. The second-order valence-corrected chi connectivity index (χ2v) is 4.55. The van der Waals surface area contributed by atoms with Gasteiger partial charge in [-0.3, -0.25) is 4.99 Å². The van der Waals surface area contributed by atoms with Gasteiger partial charge in [0.2, 0.25) is 0 Å². The largest absolute Gasteiger partial charge is 0.497 e. The fourth-order valence-electron chi connectivity index (χ4n) is 1.58. The Morgan fingerprint density at radius 2 is 2.25 bits per heavy atom. The fourth-order valence-corrected chi connectivity index (χ4v) is 2.57. The van der Waals surface area contributed by atoms with E-state index in [0.29, 0.717) is 6.42 Å². The molecule has 1 aromatic carbocycles. The summed E-state index contributed by atoms with van der Waals surface area (Å²) >= 11 is 1.68. The lowest BCUT2D eigenvalue weighted by atomic mass is 10.1. The van der Waals surface area contributed by atoms with E-state index in [2.05, 4.69) is 11.1 Å². The van der Waals surface area contributed by atoms with Crippen molar-refractivity contribution in [3.05, 3.63) is 29.8 Å². The van der Waals surface area contributed by atoms with Crippen LogP contribution in [0.25, 0.3) is 0 Å². The van der Waals surface area contributed by atoms with Crippen molar-refractivity contribution in [1.82, 2.24) is 0 Å². The number of aliphatic imine (C=N–C) groups is 1. The molecule has 0 saturated heterocycles. The number of ether oxygens (including phenoxy) is 1. The molecule has 1 heterocycles. The molecule has 1 aliphatic heterocycles. The van der Waals surface area contributed by atoms with E-state index in [1.807, 2.05) is 24.3 Å². The van der Waals surface area contributed by atoms with E-state index in [0.717, 1.165) is 16.5 Å². The van der Waals surface area contributed by atoms with Gasteiger partial charge >= 0.3 is 0 Å². The minimum Gasteiger partial charge on any atom is -0.497 e. The monoisotopic (exact) mass is 232 g/mol. The van der Waals surface area contributed by atoms with Gasteiger partial charge in [0.15, 0.2) is 0 Å². The molecular formula is C12H12N2OS. The second-order valence-electron chi connectivity index (χ2n) is 3.46. The lowest BCUT2D eigenvalue weighted by Crippen LogP contribution is -1.94. The normalized spacial score (nSPS) is 19.0. The maximum absolute atomic E-state index is 8.59. The molecule has 0 saturated carbocycles. The average molecular weight is 232 g/mol. The van der Waals surface area contributed by atoms with Gasteiger partial charge < -0.3 is 4.74 Å². The molecule has 0 aromatic heterocycles. The number of nitriles is 1. The average Bonchev–Trinajstić information content (AvgIpc) is 2.78. The fraction of sp³-hybridized carbons (Fsp3) is 0.333. The summed E-state index contributed by atoms with van der Waals surface area (Å²) in [5.41, 5.74) is 1.18. The number of methoxy groups -OCH3 is 1. The van der Waals surface area contributed by atoms with E-state index in [4.69, 9.17) is 10.00 Å². The summed E-state index contributed by atoms with van der Waals surface area (Å²) < 4.78 is 5.11. The number of hydrogen-bond donors (Lipinski definition) is 0. The van der Waals surface area contributed by atoms with Crippen LogP contribution in [0.3, 0.4) is 0 Å². The second kappa shape index (κ2) is 5.04. The predicted molar refractivity (Wildman–Crippen MR) is 65.9 cm³/mol. The van der Waals surface area contributed by atoms with Crippen LogP contribution < -0.4 is 4.74 Å². The highest BCUT2D eigenvalue weighted by molar-refractivity contribution is 8.14. The van der Waals surface area contributed by atoms with Crippen molar-refractivity contribution in [2.24, 2.45) is 4.99 Å². The van der Waals surface area contributed by atoms with Crippen LogP contribution >= 0.6 is 11.8 Å². The molecule has 3 nitrogen and oxygen atoms in total. The highest BCUT2D eigenvalue weighted by atomic mass is 32.2. The summed E-state index contributed by atoms with van der Waals surface area (Å²) in [5, 5.41) is 9.54. The first kappa shape index (κ1) is 11.0. The minimum atomic E-state index is 0.194. The maximum atomic E-state index is 8.59. The molecule has 0 aliphatic carbocycles. The molecule has 2 rings (SSSR count). The van der Waals surface area contributed by atoms with Crippen molar-refractivity contribution in [3.63, 3.8) is 0 Å². The van der Waals surface area contributed by atoms with Gasteiger partial charge in [0.1, 0.15) is 5.75 Å². The van der Waals surface area contributed by atoms with E-state index >= 15 is 0 Å². The van der Waals surface area contributed by atoms with Crippen molar-refractivity contribution < 1.29 is 4.74 Å². The molecule has 0 amide bonds. The van der Waals surface area contributed by atoms with Crippen LogP contribution in [-0.4, -0.2) is 17.9 Å². The van der Waals surface area contributed by atoms with Crippen LogP contribution in [0.1, 0.15) is 18.0 Å². The Morgan fingerprint density at radius 3 is 2.88 bits per heavy atom. The van der Waals surface area contributed by atoms with Gasteiger partial charge in [-0.15, -0.1) is 11.8 Å². The SMILES string of the molecule is COc1ccc(C2CSC(CC#N)=N2)cc1. The van der Waals surface area contributed by atoms with Crippen LogP contribution in [0, 0.1) is 11.3 Å². The Hall–Kier alpha value is -1.47. The standard InChI is InChI=1S/C12H12N2OS/c1-15-10-4-2-9(3-5-10)11-8-16-12(14-11)6-7-13/h2-5,11H,6,8H2,1H3. The van der Waals surface area contributed by atoms with Crippen LogP contribution in [-0.2, 0) is 0 Å². The topological polar surface area (TPSA) is 45.4 Å². The van der Waals surface area contributed by atoms with Gasteiger partial charge in [0.25, 0.3) is 0 Å². The molecule has 82 valence electrons. The first-order chi connectivity index (χ1) is 7.83. The smallest absolute Gasteiger partial charge is 0.118 e. The van der Waals surface area contributed by atoms with E-state index in [1.165, 1.54) is 5.56 Å². The molecule has 1 aliphatic rings. The van der Waals surface area contributed by atoms with Crippen LogP contribution in [0.15, 0.2) is 29.3 Å². The van der Waals surface area contributed by atoms with Crippen molar-refractivity contribution in [2.75, 3.05) is 12.9 Å². The van der Waals surface area contributed by atoms with Crippen molar-refractivity contribution in [1.29, 1.82) is 5.26 Å². The number of rotatable bonds is 3. The van der Waals surface area contributed by atoms with Crippen LogP contribution in [0.2, 0.25) is 0 Å². The molecular weight excluding hydrogens is 220 g/mol. The van der Waals surface area contributed by atoms with Gasteiger partial charge in [0, 0.05) is 5.75 Å². The third-order valence-corrected chi connectivity index (χ3v) is 3.50. The molecule has 16 heavy (non-hydrogen) atoms. The summed E-state index contributed by atoms with van der Waals surface area (Å²) in [6.45, 7) is 0. The van der Waals surface area contributed by atoms with Gasteiger partial charge in [-0.2, -0.15) is 5.26 Å². The van der Waals surface area contributed by atoms with Gasteiger partial charge in [-0.05, 0) is 17.7 Å². The van der Waals surface area contributed by atoms with Gasteiger partial charge in [-0.25, -0.2) is 0 Å². The van der Waals surface area contributed by atoms with Crippen LogP contribution in [0.5, 0.6) is 5.75 Å². The molecule has 0 bridgehead atoms. The van der Waals surface area contributed by atoms with Crippen molar-refractivity contribution >= 4 is 16.8 Å². The Morgan fingerprint density at radius 1 is 1.50 bits per heavy atom.